The van der Waals surface area contributed by atoms with Gasteiger partial charge in [0.15, 0.2) is 0 Å². The van der Waals surface area contributed by atoms with E-state index in [2.05, 4.69) is 90.0 Å². The Morgan fingerprint density at radius 1 is 0.636 bits per heavy atom. The second kappa shape index (κ2) is 15.0. The molecule has 0 heterocycles. The molecule has 0 N–H and O–H groups in total. The third kappa shape index (κ3) is 8.15. The summed E-state index contributed by atoms with van der Waals surface area (Å²) in [6.45, 7) is 30.3. The fourth-order valence-corrected chi connectivity index (χ4v) is 17.7. The van der Waals surface area contributed by atoms with Gasteiger partial charge in [0.05, 0.1) is 12.2 Å². The van der Waals surface area contributed by atoms with Gasteiger partial charge in [-0.3, -0.25) is 4.79 Å². The Bertz CT molecular complexity index is 524. The molecule has 0 aliphatic heterocycles. The fourth-order valence-electron chi connectivity index (χ4n) is 6.59. The van der Waals surface area contributed by atoms with Crippen molar-refractivity contribution >= 4 is 22.9 Å². The number of carbonyl (C=O) groups is 1. The quantitative estimate of drug-likeness (QED) is 0.0866. The van der Waals surface area contributed by atoms with E-state index in [0.29, 0.717) is 33.2 Å². The summed E-state index contributed by atoms with van der Waals surface area (Å²) in [5, 5.41) is 0. The number of hydrogen-bond donors (Lipinski definition) is 0. The van der Waals surface area contributed by atoms with Gasteiger partial charge >= 0.3 is 0 Å². The van der Waals surface area contributed by atoms with Crippen LogP contribution in [0.2, 0.25) is 33.2 Å². The highest BCUT2D eigenvalue weighted by molar-refractivity contribution is 6.78. The van der Waals surface area contributed by atoms with E-state index in [1.54, 1.807) is 6.08 Å². The van der Waals surface area contributed by atoms with Gasteiger partial charge in [-0.05, 0) is 45.7 Å². The predicted molar refractivity (Wildman–Crippen MR) is 151 cm³/mol. The molecule has 0 saturated carbocycles. The van der Waals surface area contributed by atoms with Crippen molar-refractivity contribution in [3.63, 3.8) is 0 Å². The molecule has 0 aliphatic carbocycles. The normalized spacial score (nSPS) is 15.7. The van der Waals surface area contributed by atoms with Crippen LogP contribution in [0.1, 0.15) is 116 Å². The minimum Gasteiger partial charge on any atom is -0.410 e. The molecule has 0 fully saturated rings. The molecule has 0 aromatic carbocycles. The molecule has 0 aliphatic rings. The minimum atomic E-state index is -2.14. The molecule has 0 radical (unpaired) electrons. The number of aldehydes is 1. The summed E-state index contributed by atoms with van der Waals surface area (Å²) in [6, 6.07) is 0. The van der Waals surface area contributed by atoms with Crippen LogP contribution in [0.15, 0.2) is 12.2 Å². The average Bonchev–Trinajstić information content (AvgIpc) is 2.69. The van der Waals surface area contributed by atoms with Gasteiger partial charge < -0.3 is 8.85 Å². The Kier molecular flexibility index (Phi) is 14.9. The smallest absolute Gasteiger partial charge is 0.201 e. The van der Waals surface area contributed by atoms with Crippen molar-refractivity contribution in [3.8, 4) is 0 Å². The van der Waals surface area contributed by atoms with Gasteiger partial charge in [-0.15, -0.1) is 0 Å². The van der Waals surface area contributed by atoms with Crippen molar-refractivity contribution in [1.29, 1.82) is 0 Å². The summed E-state index contributed by atoms with van der Waals surface area (Å²) in [5.41, 5.74) is 3.02. The lowest BCUT2D eigenvalue weighted by Gasteiger charge is -2.49. The minimum absolute atomic E-state index is 0.00487. The summed E-state index contributed by atoms with van der Waals surface area (Å²) in [7, 11) is -4.24. The highest BCUT2D eigenvalue weighted by Gasteiger charge is 2.50. The van der Waals surface area contributed by atoms with Crippen LogP contribution in [0.5, 0.6) is 0 Å². The zero-order chi connectivity index (χ0) is 26.0. The van der Waals surface area contributed by atoms with E-state index in [9.17, 15) is 4.79 Å². The average molecular weight is 499 g/mol. The number of carbonyl (C=O) groups excluding carboxylic acids is 1. The lowest BCUT2D eigenvalue weighted by Crippen LogP contribution is -2.56. The molecule has 33 heavy (non-hydrogen) atoms. The molecule has 2 atom stereocenters. The summed E-state index contributed by atoms with van der Waals surface area (Å²) < 4.78 is 14.7. The van der Waals surface area contributed by atoms with Crippen molar-refractivity contribution < 1.29 is 13.6 Å². The Hall–Kier alpha value is -0.236. The maximum atomic E-state index is 11.4. The second-order valence-corrected chi connectivity index (χ2v) is 22.7. The highest BCUT2D eigenvalue weighted by atomic mass is 28.4. The van der Waals surface area contributed by atoms with Crippen LogP contribution < -0.4 is 0 Å². The SMILES string of the molecule is CCCCCC(O[Si](C(C)C)(C(C)C)C(C)C)C(/C=C/C=O)O[Si](C(C)C)(C(C)C)C(C)C. The van der Waals surface area contributed by atoms with Gasteiger partial charge in [0.1, 0.15) is 6.29 Å². The van der Waals surface area contributed by atoms with Crippen LogP contribution in [0.25, 0.3) is 0 Å². The second-order valence-electron chi connectivity index (χ2n) is 11.9. The Morgan fingerprint density at radius 3 is 1.36 bits per heavy atom. The molecule has 196 valence electrons. The summed E-state index contributed by atoms with van der Waals surface area (Å²) in [4.78, 5) is 11.4. The maximum absolute atomic E-state index is 11.4. The van der Waals surface area contributed by atoms with E-state index in [1.807, 2.05) is 6.08 Å². The van der Waals surface area contributed by atoms with Crippen LogP contribution in [0.4, 0.5) is 0 Å². The molecule has 2 unspecified atom stereocenters. The van der Waals surface area contributed by atoms with Crippen molar-refractivity contribution in [3.05, 3.63) is 12.2 Å². The van der Waals surface area contributed by atoms with E-state index >= 15 is 0 Å². The van der Waals surface area contributed by atoms with E-state index in [1.165, 1.54) is 12.8 Å². The maximum Gasteiger partial charge on any atom is 0.201 e. The Labute approximate surface area is 209 Å². The van der Waals surface area contributed by atoms with Gasteiger partial charge in [-0.25, -0.2) is 0 Å². The number of hydrogen-bond acceptors (Lipinski definition) is 3. The van der Waals surface area contributed by atoms with E-state index in [4.69, 9.17) is 8.85 Å². The molecule has 0 aromatic heterocycles. The molecule has 0 bridgehead atoms. The van der Waals surface area contributed by atoms with Crippen molar-refractivity contribution in [2.45, 2.75) is 161 Å². The van der Waals surface area contributed by atoms with Crippen LogP contribution >= 0.6 is 0 Å². The van der Waals surface area contributed by atoms with E-state index in [0.717, 1.165) is 19.1 Å². The summed E-state index contributed by atoms with van der Waals surface area (Å²) >= 11 is 0. The first-order valence-electron chi connectivity index (χ1n) is 13.7. The zero-order valence-corrected chi connectivity index (χ0v) is 26.4. The van der Waals surface area contributed by atoms with Gasteiger partial charge in [-0.2, -0.15) is 0 Å². The van der Waals surface area contributed by atoms with Crippen LogP contribution in [-0.4, -0.2) is 35.1 Å². The molecular weight excluding hydrogens is 440 g/mol. The first-order chi connectivity index (χ1) is 15.2. The number of unbranched alkanes of at least 4 members (excludes halogenated alkanes) is 2. The number of allylic oxidation sites excluding steroid dienone is 1. The fraction of sp³-hybridized carbons (Fsp3) is 0.893. The zero-order valence-electron chi connectivity index (χ0n) is 24.4. The molecule has 3 nitrogen and oxygen atoms in total. The first kappa shape index (κ1) is 32.8. The Balaban J connectivity index is 6.60. The van der Waals surface area contributed by atoms with Gasteiger partial charge in [0.25, 0.3) is 0 Å². The molecule has 0 aromatic rings. The molecule has 5 heteroatoms. The van der Waals surface area contributed by atoms with Gasteiger partial charge in [-0.1, -0.05) is 115 Å². The van der Waals surface area contributed by atoms with Crippen LogP contribution in [0.3, 0.4) is 0 Å². The molecule has 0 spiro atoms. The van der Waals surface area contributed by atoms with E-state index < -0.39 is 16.6 Å². The van der Waals surface area contributed by atoms with Gasteiger partial charge in [0.2, 0.25) is 16.6 Å². The van der Waals surface area contributed by atoms with Crippen molar-refractivity contribution in [1.82, 2.24) is 0 Å². The van der Waals surface area contributed by atoms with Crippen LogP contribution in [0, 0.1) is 0 Å². The summed E-state index contributed by atoms with van der Waals surface area (Å²) in [6.07, 6.45) is 8.87. The largest absolute Gasteiger partial charge is 0.410 e. The summed E-state index contributed by atoms with van der Waals surface area (Å²) in [5.74, 6) is 0. The van der Waals surface area contributed by atoms with Crippen molar-refractivity contribution in [2.24, 2.45) is 0 Å². The van der Waals surface area contributed by atoms with Gasteiger partial charge in [0, 0.05) is 0 Å². The molecule has 0 rings (SSSR count). The molecule has 0 saturated heterocycles. The Morgan fingerprint density at radius 2 is 1.03 bits per heavy atom. The molecule has 0 amide bonds. The number of rotatable bonds is 17. The first-order valence-corrected chi connectivity index (χ1v) is 18.0. The lowest BCUT2D eigenvalue weighted by molar-refractivity contribution is -0.104. The third-order valence-electron chi connectivity index (χ3n) is 7.95. The monoisotopic (exact) mass is 498 g/mol. The lowest BCUT2D eigenvalue weighted by atomic mass is 10.1. The topological polar surface area (TPSA) is 35.5 Å². The van der Waals surface area contributed by atoms with E-state index in [-0.39, 0.29) is 12.2 Å². The standard InChI is InChI=1S/C28H58O3Si2/c1-14-15-16-18-27(30-32(21(2)3,22(4)5)23(6)7)28(19-17-20-29)31-33(24(8)9,25(10)11)26(12)13/h17,19-28H,14-16,18H2,1-13H3/b19-17+. The van der Waals surface area contributed by atoms with Crippen molar-refractivity contribution in [2.75, 3.05) is 0 Å². The highest BCUT2D eigenvalue weighted by Crippen LogP contribution is 2.46. The predicted octanol–water partition coefficient (Wildman–Crippen LogP) is 9.44. The molecular formula is C28H58O3Si2. The van der Waals surface area contributed by atoms with Crippen LogP contribution in [-0.2, 0) is 13.6 Å². The third-order valence-corrected chi connectivity index (χ3v) is 20.2.